The van der Waals surface area contributed by atoms with Crippen LogP contribution in [0.3, 0.4) is 0 Å². The van der Waals surface area contributed by atoms with Gasteiger partial charge in [0.1, 0.15) is 0 Å². The molecule has 7 nitrogen and oxygen atoms in total. The first kappa shape index (κ1) is 14.5. The summed E-state index contributed by atoms with van der Waals surface area (Å²) in [5.41, 5.74) is 6.06. The van der Waals surface area contributed by atoms with Gasteiger partial charge in [-0.3, -0.25) is 10.1 Å². The highest BCUT2D eigenvalue weighted by molar-refractivity contribution is 5.55. The van der Waals surface area contributed by atoms with Crippen LogP contribution in [0.15, 0.2) is 18.2 Å². The number of nitrogens with one attached hydrogen (secondary N) is 1. The van der Waals surface area contributed by atoms with Crippen molar-refractivity contribution in [1.82, 2.24) is 10.2 Å². The van der Waals surface area contributed by atoms with Crippen LogP contribution in [-0.2, 0) is 0 Å². The van der Waals surface area contributed by atoms with Gasteiger partial charge in [0.2, 0.25) is 0 Å². The van der Waals surface area contributed by atoms with Crippen LogP contribution in [0, 0.1) is 10.1 Å². The molecule has 20 heavy (non-hydrogen) atoms. The minimum atomic E-state index is -0.453. The highest BCUT2D eigenvalue weighted by Gasteiger charge is 2.15. The van der Waals surface area contributed by atoms with Gasteiger partial charge in [-0.15, -0.1) is 0 Å². The van der Waals surface area contributed by atoms with Crippen LogP contribution >= 0.6 is 0 Å². The lowest BCUT2D eigenvalue weighted by Crippen LogP contribution is -2.43. The average Bonchev–Trinajstić information content (AvgIpc) is 2.44. The maximum atomic E-state index is 10.9. The summed E-state index contributed by atoms with van der Waals surface area (Å²) in [5, 5.41) is 14.2. The van der Waals surface area contributed by atoms with E-state index in [1.165, 1.54) is 18.2 Å². The van der Waals surface area contributed by atoms with Crippen molar-refractivity contribution < 1.29 is 9.66 Å². The maximum Gasteiger partial charge on any atom is 0.311 e. The molecule has 1 fully saturated rings. The Hall–Kier alpha value is -1.86. The van der Waals surface area contributed by atoms with Crippen LogP contribution in [0.2, 0.25) is 0 Å². The first-order valence-electron chi connectivity index (χ1n) is 6.76. The Balaban J connectivity index is 1.81. The molecule has 110 valence electrons. The SMILES string of the molecule is Nc1ccc([N+](=O)[O-])c(OCCCN2CCNCC2)c1. The molecule has 0 spiro atoms. The van der Waals surface area contributed by atoms with Crippen molar-refractivity contribution in [2.24, 2.45) is 0 Å². The largest absolute Gasteiger partial charge is 0.487 e. The number of nitrogens with two attached hydrogens (primary N) is 1. The second-order valence-electron chi connectivity index (χ2n) is 4.78. The quantitative estimate of drug-likeness (QED) is 0.347. The monoisotopic (exact) mass is 280 g/mol. The number of ether oxygens (including phenoxy) is 1. The van der Waals surface area contributed by atoms with Crippen molar-refractivity contribution in [2.45, 2.75) is 6.42 Å². The number of nitrogen functional groups attached to an aromatic ring is 1. The van der Waals surface area contributed by atoms with Crippen LogP contribution in [0.4, 0.5) is 11.4 Å². The molecule has 0 unspecified atom stereocenters. The fourth-order valence-electron chi connectivity index (χ4n) is 2.20. The Morgan fingerprint density at radius 3 is 2.85 bits per heavy atom. The van der Waals surface area contributed by atoms with E-state index in [9.17, 15) is 10.1 Å². The molecule has 1 aliphatic rings. The fraction of sp³-hybridized carbons (Fsp3) is 0.538. The average molecular weight is 280 g/mol. The number of piperazine rings is 1. The summed E-state index contributed by atoms with van der Waals surface area (Å²) in [4.78, 5) is 12.8. The molecule has 1 saturated heterocycles. The van der Waals surface area contributed by atoms with E-state index in [2.05, 4.69) is 10.2 Å². The van der Waals surface area contributed by atoms with Gasteiger partial charge in [0, 0.05) is 50.5 Å². The summed E-state index contributed by atoms with van der Waals surface area (Å²) in [6.45, 7) is 5.51. The van der Waals surface area contributed by atoms with Crippen LogP contribution < -0.4 is 15.8 Å². The molecule has 0 bridgehead atoms. The van der Waals surface area contributed by atoms with Crippen LogP contribution in [-0.4, -0.2) is 49.2 Å². The van der Waals surface area contributed by atoms with Gasteiger partial charge < -0.3 is 20.7 Å². The molecule has 0 amide bonds. The van der Waals surface area contributed by atoms with Gasteiger partial charge in [0.15, 0.2) is 5.75 Å². The van der Waals surface area contributed by atoms with E-state index in [0.717, 1.165) is 39.1 Å². The van der Waals surface area contributed by atoms with E-state index >= 15 is 0 Å². The Labute approximate surface area is 117 Å². The van der Waals surface area contributed by atoms with E-state index in [4.69, 9.17) is 10.5 Å². The molecule has 0 atom stereocenters. The Bertz CT molecular complexity index is 461. The van der Waals surface area contributed by atoms with Crippen molar-refractivity contribution in [3.63, 3.8) is 0 Å². The van der Waals surface area contributed by atoms with Gasteiger partial charge >= 0.3 is 5.69 Å². The van der Waals surface area contributed by atoms with Crippen molar-refractivity contribution in [3.05, 3.63) is 28.3 Å². The first-order valence-corrected chi connectivity index (χ1v) is 6.76. The van der Waals surface area contributed by atoms with Crippen LogP contribution in [0.25, 0.3) is 0 Å². The predicted molar refractivity (Wildman–Crippen MR) is 76.9 cm³/mol. The zero-order valence-corrected chi connectivity index (χ0v) is 11.4. The van der Waals surface area contributed by atoms with Crippen molar-refractivity contribution >= 4 is 11.4 Å². The van der Waals surface area contributed by atoms with Crippen LogP contribution in [0.1, 0.15) is 6.42 Å². The third-order valence-corrected chi connectivity index (χ3v) is 3.27. The third kappa shape index (κ3) is 4.07. The second-order valence-corrected chi connectivity index (χ2v) is 4.78. The van der Waals surface area contributed by atoms with Crippen molar-refractivity contribution in [2.75, 3.05) is 45.1 Å². The Morgan fingerprint density at radius 1 is 1.40 bits per heavy atom. The van der Waals surface area contributed by atoms with Crippen molar-refractivity contribution in [3.8, 4) is 5.75 Å². The first-order chi connectivity index (χ1) is 9.66. The zero-order valence-electron chi connectivity index (χ0n) is 11.4. The number of hydrogen-bond acceptors (Lipinski definition) is 6. The molecular weight excluding hydrogens is 260 g/mol. The molecule has 1 aromatic rings. The molecular formula is C13H20N4O3. The van der Waals surface area contributed by atoms with E-state index in [1.54, 1.807) is 0 Å². The van der Waals surface area contributed by atoms with E-state index in [-0.39, 0.29) is 11.4 Å². The van der Waals surface area contributed by atoms with Gasteiger partial charge in [-0.25, -0.2) is 0 Å². The van der Waals surface area contributed by atoms with Crippen molar-refractivity contribution in [1.29, 1.82) is 0 Å². The molecule has 3 N–H and O–H groups in total. The number of rotatable bonds is 6. The molecule has 0 saturated carbocycles. The standard InChI is InChI=1S/C13H20N4O3/c14-11-2-3-12(17(18)19)13(10-11)20-9-1-6-16-7-4-15-5-8-16/h2-3,10,15H,1,4-9,14H2. The zero-order chi connectivity index (χ0) is 14.4. The summed E-state index contributed by atoms with van der Waals surface area (Å²) >= 11 is 0. The Morgan fingerprint density at radius 2 is 2.15 bits per heavy atom. The second kappa shape index (κ2) is 7.06. The molecule has 0 aromatic heterocycles. The van der Waals surface area contributed by atoms with Gasteiger partial charge in [-0.1, -0.05) is 0 Å². The lowest BCUT2D eigenvalue weighted by molar-refractivity contribution is -0.385. The van der Waals surface area contributed by atoms with Gasteiger partial charge in [0.05, 0.1) is 11.5 Å². The number of nitrogens with zero attached hydrogens (tertiary/aromatic N) is 2. The topological polar surface area (TPSA) is 93.7 Å². The summed E-state index contributed by atoms with van der Waals surface area (Å²) in [7, 11) is 0. The maximum absolute atomic E-state index is 10.9. The summed E-state index contributed by atoms with van der Waals surface area (Å²) in [6.07, 6.45) is 0.839. The van der Waals surface area contributed by atoms with Gasteiger partial charge in [0.25, 0.3) is 0 Å². The molecule has 1 heterocycles. The third-order valence-electron chi connectivity index (χ3n) is 3.27. The molecule has 0 radical (unpaired) electrons. The smallest absolute Gasteiger partial charge is 0.311 e. The highest BCUT2D eigenvalue weighted by Crippen LogP contribution is 2.28. The number of anilines is 1. The summed E-state index contributed by atoms with van der Waals surface area (Å²) in [5.74, 6) is 0.246. The summed E-state index contributed by atoms with van der Waals surface area (Å²) < 4.78 is 5.51. The Kier molecular flexibility index (Phi) is 5.14. The highest BCUT2D eigenvalue weighted by atomic mass is 16.6. The summed E-state index contributed by atoms with van der Waals surface area (Å²) in [6, 6.07) is 4.38. The van der Waals surface area contributed by atoms with E-state index in [0.29, 0.717) is 12.3 Å². The number of nitro groups is 1. The molecule has 1 aromatic carbocycles. The number of hydrogen-bond donors (Lipinski definition) is 2. The van der Waals surface area contributed by atoms with Gasteiger partial charge in [-0.2, -0.15) is 0 Å². The normalized spacial score (nSPS) is 16.0. The molecule has 0 aliphatic carbocycles. The fourth-order valence-corrected chi connectivity index (χ4v) is 2.20. The van der Waals surface area contributed by atoms with E-state index in [1.807, 2.05) is 0 Å². The molecule has 1 aliphatic heterocycles. The molecule has 7 heteroatoms. The van der Waals surface area contributed by atoms with Crippen LogP contribution in [0.5, 0.6) is 5.75 Å². The molecule has 2 rings (SSSR count). The lowest BCUT2D eigenvalue weighted by atomic mass is 10.2. The minimum Gasteiger partial charge on any atom is -0.487 e. The van der Waals surface area contributed by atoms with Gasteiger partial charge in [-0.05, 0) is 12.5 Å². The number of benzene rings is 1. The lowest BCUT2D eigenvalue weighted by Gasteiger charge is -2.26. The van der Waals surface area contributed by atoms with E-state index < -0.39 is 4.92 Å². The number of nitro benzene ring substituents is 1. The minimum absolute atomic E-state index is 0.0404. The predicted octanol–water partition coefficient (Wildman–Crippen LogP) is 0.851.